The van der Waals surface area contributed by atoms with Gasteiger partial charge in [0.05, 0.1) is 19.8 Å². The number of hydrogen-bond acceptors (Lipinski definition) is 3. The molecule has 4 nitrogen and oxygen atoms in total. The highest BCUT2D eigenvalue weighted by atomic mass is 16.5. The third kappa shape index (κ3) is 2.97. The Labute approximate surface area is 78.5 Å². The molecule has 0 spiro atoms. The van der Waals surface area contributed by atoms with Crippen molar-refractivity contribution in [2.24, 2.45) is 5.92 Å². The number of carbonyl (C=O) groups is 1. The van der Waals surface area contributed by atoms with Crippen LogP contribution < -0.4 is 0 Å². The standard InChI is InChI=1S/C9H17NO3/c1-2-10(3-4-11)9(12)5-8-6-13-7-8/h8,11H,2-7H2,1H3. The molecule has 1 fully saturated rings. The van der Waals surface area contributed by atoms with E-state index in [2.05, 4.69) is 0 Å². The number of aliphatic hydroxyl groups is 1. The second-order valence-corrected chi connectivity index (χ2v) is 3.30. The van der Waals surface area contributed by atoms with Crippen LogP contribution in [0, 0.1) is 5.92 Å². The molecule has 0 aliphatic carbocycles. The summed E-state index contributed by atoms with van der Waals surface area (Å²) in [5.41, 5.74) is 0. The maximum absolute atomic E-state index is 11.5. The summed E-state index contributed by atoms with van der Waals surface area (Å²) in [5, 5.41) is 8.70. The van der Waals surface area contributed by atoms with Crippen LogP contribution in [0.15, 0.2) is 0 Å². The second kappa shape index (κ2) is 5.19. The van der Waals surface area contributed by atoms with Crippen molar-refractivity contribution >= 4 is 5.91 Å². The third-order valence-corrected chi connectivity index (χ3v) is 2.27. The average molecular weight is 187 g/mol. The molecule has 0 unspecified atom stereocenters. The minimum Gasteiger partial charge on any atom is -0.395 e. The van der Waals surface area contributed by atoms with E-state index in [0.29, 0.717) is 38.6 Å². The van der Waals surface area contributed by atoms with Gasteiger partial charge in [-0.3, -0.25) is 4.79 Å². The van der Waals surface area contributed by atoms with E-state index in [-0.39, 0.29) is 12.5 Å². The molecule has 1 aliphatic rings. The fourth-order valence-electron chi connectivity index (χ4n) is 1.36. The lowest BCUT2D eigenvalue weighted by molar-refractivity contribution is -0.136. The Morgan fingerprint density at radius 2 is 2.31 bits per heavy atom. The monoisotopic (exact) mass is 187 g/mol. The number of ether oxygens (including phenoxy) is 1. The molecule has 76 valence electrons. The lowest BCUT2D eigenvalue weighted by atomic mass is 10.0. The van der Waals surface area contributed by atoms with Gasteiger partial charge in [-0.2, -0.15) is 0 Å². The van der Waals surface area contributed by atoms with Gasteiger partial charge in [0.2, 0.25) is 5.91 Å². The molecule has 0 atom stereocenters. The maximum Gasteiger partial charge on any atom is 0.223 e. The molecule has 1 amide bonds. The van der Waals surface area contributed by atoms with E-state index in [1.165, 1.54) is 0 Å². The molecule has 0 radical (unpaired) electrons. The van der Waals surface area contributed by atoms with Crippen LogP contribution in [0.2, 0.25) is 0 Å². The number of rotatable bonds is 5. The highest BCUT2D eigenvalue weighted by molar-refractivity contribution is 5.76. The first-order valence-electron chi connectivity index (χ1n) is 4.74. The van der Waals surface area contributed by atoms with Gasteiger partial charge in [-0.25, -0.2) is 0 Å². The van der Waals surface area contributed by atoms with Crippen molar-refractivity contribution in [1.82, 2.24) is 4.90 Å². The first kappa shape index (κ1) is 10.5. The molecule has 1 rings (SSSR count). The zero-order valence-electron chi connectivity index (χ0n) is 8.03. The van der Waals surface area contributed by atoms with E-state index < -0.39 is 0 Å². The number of amides is 1. The molecular weight excluding hydrogens is 170 g/mol. The normalized spacial score (nSPS) is 16.8. The van der Waals surface area contributed by atoms with Crippen LogP contribution in [0.1, 0.15) is 13.3 Å². The first-order valence-corrected chi connectivity index (χ1v) is 4.74. The van der Waals surface area contributed by atoms with Crippen molar-refractivity contribution in [2.45, 2.75) is 13.3 Å². The SMILES string of the molecule is CCN(CCO)C(=O)CC1COC1. The van der Waals surface area contributed by atoms with Gasteiger partial charge in [0.25, 0.3) is 0 Å². The maximum atomic E-state index is 11.5. The summed E-state index contributed by atoms with van der Waals surface area (Å²) in [4.78, 5) is 13.2. The third-order valence-electron chi connectivity index (χ3n) is 2.27. The summed E-state index contributed by atoms with van der Waals surface area (Å²) < 4.78 is 4.99. The number of hydrogen-bond donors (Lipinski definition) is 1. The van der Waals surface area contributed by atoms with E-state index in [0.717, 1.165) is 0 Å². The van der Waals surface area contributed by atoms with Gasteiger partial charge in [-0.1, -0.05) is 0 Å². The van der Waals surface area contributed by atoms with Gasteiger partial charge in [-0.05, 0) is 6.92 Å². The molecule has 0 saturated carbocycles. The minimum atomic E-state index is 0.0424. The van der Waals surface area contributed by atoms with E-state index in [1.807, 2.05) is 6.92 Å². The largest absolute Gasteiger partial charge is 0.395 e. The minimum absolute atomic E-state index is 0.0424. The lowest BCUT2D eigenvalue weighted by Crippen LogP contribution is -2.38. The van der Waals surface area contributed by atoms with E-state index >= 15 is 0 Å². The predicted octanol–water partition coefficient (Wildman–Crippen LogP) is -0.136. The molecule has 1 N–H and O–H groups in total. The van der Waals surface area contributed by atoms with Crippen LogP contribution >= 0.6 is 0 Å². The second-order valence-electron chi connectivity index (χ2n) is 3.30. The van der Waals surface area contributed by atoms with Crippen LogP contribution in [0.25, 0.3) is 0 Å². The van der Waals surface area contributed by atoms with Crippen LogP contribution in [0.4, 0.5) is 0 Å². The van der Waals surface area contributed by atoms with Gasteiger partial charge in [-0.15, -0.1) is 0 Å². The molecule has 0 bridgehead atoms. The topological polar surface area (TPSA) is 49.8 Å². The molecule has 0 aromatic rings. The van der Waals surface area contributed by atoms with Gasteiger partial charge >= 0.3 is 0 Å². The van der Waals surface area contributed by atoms with Gasteiger partial charge in [0, 0.05) is 25.4 Å². The fourth-order valence-corrected chi connectivity index (χ4v) is 1.36. The zero-order valence-corrected chi connectivity index (χ0v) is 8.03. The highest BCUT2D eigenvalue weighted by Crippen LogP contribution is 2.15. The van der Waals surface area contributed by atoms with E-state index in [1.54, 1.807) is 4.90 Å². The van der Waals surface area contributed by atoms with Crippen molar-refractivity contribution in [3.8, 4) is 0 Å². The lowest BCUT2D eigenvalue weighted by Gasteiger charge is -2.28. The van der Waals surface area contributed by atoms with Gasteiger partial charge < -0.3 is 14.7 Å². The number of nitrogens with zero attached hydrogens (tertiary/aromatic N) is 1. The smallest absolute Gasteiger partial charge is 0.223 e. The summed E-state index contributed by atoms with van der Waals surface area (Å²) in [6.07, 6.45) is 0.563. The summed E-state index contributed by atoms with van der Waals surface area (Å²) in [7, 11) is 0. The van der Waals surface area contributed by atoms with E-state index in [9.17, 15) is 4.79 Å². The molecular formula is C9H17NO3. The Hall–Kier alpha value is -0.610. The molecule has 1 heterocycles. The van der Waals surface area contributed by atoms with Gasteiger partial charge in [0.1, 0.15) is 0 Å². The fraction of sp³-hybridized carbons (Fsp3) is 0.889. The van der Waals surface area contributed by atoms with Crippen LogP contribution in [0.5, 0.6) is 0 Å². The zero-order chi connectivity index (χ0) is 9.68. The van der Waals surface area contributed by atoms with Crippen LogP contribution in [-0.4, -0.2) is 48.8 Å². The van der Waals surface area contributed by atoms with Crippen molar-refractivity contribution < 1.29 is 14.6 Å². The predicted molar refractivity (Wildman–Crippen MR) is 48.3 cm³/mol. The molecule has 0 aromatic carbocycles. The Morgan fingerprint density at radius 1 is 1.62 bits per heavy atom. The first-order chi connectivity index (χ1) is 6.27. The van der Waals surface area contributed by atoms with Crippen molar-refractivity contribution in [2.75, 3.05) is 32.9 Å². The Balaban J connectivity index is 2.25. The molecule has 1 aliphatic heterocycles. The molecule has 0 aromatic heterocycles. The Morgan fingerprint density at radius 3 is 2.69 bits per heavy atom. The molecule has 4 heteroatoms. The summed E-state index contributed by atoms with van der Waals surface area (Å²) in [5.74, 6) is 0.532. The van der Waals surface area contributed by atoms with Crippen LogP contribution in [0.3, 0.4) is 0 Å². The average Bonchev–Trinajstić information content (AvgIpc) is 2.07. The number of carbonyl (C=O) groups excluding carboxylic acids is 1. The van der Waals surface area contributed by atoms with Crippen molar-refractivity contribution in [1.29, 1.82) is 0 Å². The molecule has 13 heavy (non-hydrogen) atoms. The Kier molecular flexibility index (Phi) is 4.18. The van der Waals surface area contributed by atoms with Crippen LogP contribution in [-0.2, 0) is 9.53 Å². The van der Waals surface area contributed by atoms with Crippen molar-refractivity contribution in [3.63, 3.8) is 0 Å². The summed E-state index contributed by atoms with van der Waals surface area (Å²) >= 11 is 0. The Bertz CT molecular complexity index is 168. The van der Waals surface area contributed by atoms with E-state index in [4.69, 9.17) is 9.84 Å². The number of likely N-dealkylation sites (N-methyl/N-ethyl adjacent to an activating group) is 1. The molecule has 1 saturated heterocycles. The highest BCUT2D eigenvalue weighted by Gasteiger charge is 2.23. The summed E-state index contributed by atoms with van der Waals surface area (Å²) in [6, 6.07) is 0. The quantitative estimate of drug-likeness (QED) is 0.652. The van der Waals surface area contributed by atoms with Gasteiger partial charge in [0.15, 0.2) is 0 Å². The summed E-state index contributed by atoms with van der Waals surface area (Å²) in [6.45, 7) is 4.51. The van der Waals surface area contributed by atoms with Crippen molar-refractivity contribution in [3.05, 3.63) is 0 Å². The number of aliphatic hydroxyl groups excluding tert-OH is 1.